The molecular formula is C18H14N2O3. The van der Waals surface area contributed by atoms with E-state index in [9.17, 15) is 14.4 Å². The van der Waals surface area contributed by atoms with Crippen LogP contribution < -0.4 is 10.2 Å². The van der Waals surface area contributed by atoms with Crippen LogP contribution in [0.15, 0.2) is 42.5 Å². The molecule has 0 saturated heterocycles. The highest BCUT2D eigenvalue weighted by atomic mass is 16.2. The molecule has 0 atom stereocenters. The molecule has 0 bridgehead atoms. The van der Waals surface area contributed by atoms with Gasteiger partial charge in [0.05, 0.1) is 22.4 Å². The standard InChI is InChI=1S/C18H14N2O3/c1-18(2)14-8-7-10(9-13(14)15(21)19-18)20-16(22)11-5-3-4-6-12(11)17(20)23/h3-9H,1-2H3,(H,19,21). The lowest BCUT2D eigenvalue weighted by Gasteiger charge is -2.20. The lowest BCUT2D eigenvalue weighted by molar-refractivity contribution is 0.0917. The van der Waals surface area contributed by atoms with Crippen LogP contribution in [-0.4, -0.2) is 17.7 Å². The Balaban J connectivity index is 1.83. The van der Waals surface area contributed by atoms with Gasteiger partial charge in [0.2, 0.25) is 0 Å². The van der Waals surface area contributed by atoms with Gasteiger partial charge in [-0.25, -0.2) is 4.90 Å². The van der Waals surface area contributed by atoms with E-state index in [-0.39, 0.29) is 17.7 Å². The van der Waals surface area contributed by atoms with Gasteiger partial charge < -0.3 is 5.32 Å². The van der Waals surface area contributed by atoms with Gasteiger partial charge in [-0.05, 0) is 43.7 Å². The molecule has 2 aliphatic rings. The van der Waals surface area contributed by atoms with E-state index in [4.69, 9.17) is 0 Å². The lowest BCUT2D eigenvalue weighted by atomic mass is 9.94. The van der Waals surface area contributed by atoms with Gasteiger partial charge in [-0.2, -0.15) is 0 Å². The molecule has 114 valence electrons. The van der Waals surface area contributed by atoms with Crippen molar-refractivity contribution in [3.63, 3.8) is 0 Å². The predicted octanol–water partition coefficient (Wildman–Crippen LogP) is 2.47. The molecule has 0 spiro atoms. The Hall–Kier alpha value is -2.95. The van der Waals surface area contributed by atoms with Crippen LogP contribution >= 0.6 is 0 Å². The van der Waals surface area contributed by atoms with E-state index in [0.717, 1.165) is 10.5 Å². The molecule has 2 aliphatic heterocycles. The minimum absolute atomic E-state index is 0.191. The zero-order chi connectivity index (χ0) is 16.4. The molecule has 1 N–H and O–H groups in total. The van der Waals surface area contributed by atoms with Gasteiger partial charge in [0.1, 0.15) is 0 Å². The summed E-state index contributed by atoms with van der Waals surface area (Å²) < 4.78 is 0. The zero-order valence-electron chi connectivity index (χ0n) is 12.7. The first-order valence-electron chi connectivity index (χ1n) is 7.35. The second kappa shape index (κ2) is 4.29. The Labute approximate surface area is 132 Å². The molecule has 23 heavy (non-hydrogen) atoms. The Morgan fingerprint density at radius 1 is 0.870 bits per heavy atom. The van der Waals surface area contributed by atoms with E-state index in [1.807, 2.05) is 13.8 Å². The SMILES string of the molecule is CC1(C)NC(=O)c2cc(N3C(=O)c4ccccc4C3=O)ccc21. The van der Waals surface area contributed by atoms with Crippen LogP contribution in [0.2, 0.25) is 0 Å². The van der Waals surface area contributed by atoms with Crippen LogP contribution in [0, 0.1) is 0 Å². The maximum atomic E-state index is 12.5. The number of hydrogen-bond donors (Lipinski definition) is 1. The van der Waals surface area contributed by atoms with E-state index in [1.54, 1.807) is 42.5 Å². The van der Waals surface area contributed by atoms with Gasteiger partial charge in [-0.15, -0.1) is 0 Å². The fourth-order valence-corrected chi connectivity index (χ4v) is 3.25. The highest BCUT2D eigenvalue weighted by molar-refractivity contribution is 6.34. The number of fused-ring (bicyclic) bond motifs is 2. The largest absolute Gasteiger partial charge is 0.343 e. The zero-order valence-corrected chi connectivity index (χ0v) is 12.7. The smallest absolute Gasteiger partial charge is 0.266 e. The summed E-state index contributed by atoms with van der Waals surface area (Å²) in [5, 5.41) is 2.89. The van der Waals surface area contributed by atoms with Crippen molar-refractivity contribution in [3.8, 4) is 0 Å². The van der Waals surface area contributed by atoms with Crippen LogP contribution in [0.5, 0.6) is 0 Å². The Bertz CT molecular complexity index is 864. The maximum Gasteiger partial charge on any atom is 0.266 e. The van der Waals surface area contributed by atoms with Crippen LogP contribution in [-0.2, 0) is 5.54 Å². The number of carbonyl (C=O) groups is 3. The number of hydrogen-bond acceptors (Lipinski definition) is 3. The number of rotatable bonds is 1. The number of anilines is 1. The molecule has 0 aromatic heterocycles. The summed E-state index contributed by atoms with van der Waals surface area (Å²) in [6.45, 7) is 3.83. The third kappa shape index (κ3) is 1.76. The topological polar surface area (TPSA) is 66.5 Å². The first kappa shape index (κ1) is 13.7. The Kier molecular flexibility index (Phi) is 2.55. The van der Waals surface area contributed by atoms with Gasteiger partial charge in [0.15, 0.2) is 0 Å². The molecule has 2 heterocycles. The van der Waals surface area contributed by atoms with Crippen molar-refractivity contribution in [1.82, 2.24) is 5.32 Å². The molecule has 2 aromatic rings. The van der Waals surface area contributed by atoms with Gasteiger partial charge in [0.25, 0.3) is 17.7 Å². The summed E-state index contributed by atoms with van der Waals surface area (Å²) in [5.74, 6) is -0.908. The highest BCUT2D eigenvalue weighted by Crippen LogP contribution is 2.35. The van der Waals surface area contributed by atoms with Crippen molar-refractivity contribution >= 4 is 23.4 Å². The van der Waals surface area contributed by atoms with Crippen molar-refractivity contribution in [1.29, 1.82) is 0 Å². The number of nitrogens with zero attached hydrogens (tertiary/aromatic N) is 1. The molecule has 5 heteroatoms. The monoisotopic (exact) mass is 306 g/mol. The van der Waals surface area contributed by atoms with Crippen molar-refractivity contribution in [3.05, 3.63) is 64.7 Å². The van der Waals surface area contributed by atoms with Crippen molar-refractivity contribution < 1.29 is 14.4 Å². The average molecular weight is 306 g/mol. The summed E-state index contributed by atoms with van der Waals surface area (Å²) in [5.41, 5.74) is 2.12. The normalized spacial score (nSPS) is 18.0. The second-order valence-electron chi connectivity index (χ2n) is 6.30. The predicted molar refractivity (Wildman–Crippen MR) is 84.5 cm³/mol. The Morgan fingerprint density at radius 2 is 1.48 bits per heavy atom. The number of benzene rings is 2. The fourth-order valence-electron chi connectivity index (χ4n) is 3.25. The summed E-state index contributed by atoms with van der Waals surface area (Å²) in [6.07, 6.45) is 0. The molecule has 5 nitrogen and oxygen atoms in total. The van der Waals surface area contributed by atoms with Crippen LogP contribution in [0.25, 0.3) is 0 Å². The molecule has 4 rings (SSSR count). The molecule has 0 unspecified atom stereocenters. The van der Waals surface area contributed by atoms with E-state index in [1.165, 1.54) is 0 Å². The minimum Gasteiger partial charge on any atom is -0.343 e. The van der Waals surface area contributed by atoms with Gasteiger partial charge in [0, 0.05) is 5.56 Å². The van der Waals surface area contributed by atoms with Gasteiger partial charge >= 0.3 is 0 Å². The third-order valence-electron chi connectivity index (χ3n) is 4.40. The molecule has 0 saturated carbocycles. The van der Waals surface area contributed by atoms with Crippen LogP contribution in [0.4, 0.5) is 5.69 Å². The van der Waals surface area contributed by atoms with Crippen LogP contribution in [0.3, 0.4) is 0 Å². The molecule has 2 aromatic carbocycles. The van der Waals surface area contributed by atoms with E-state index >= 15 is 0 Å². The second-order valence-corrected chi connectivity index (χ2v) is 6.30. The average Bonchev–Trinajstić information content (AvgIpc) is 2.91. The van der Waals surface area contributed by atoms with Crippen molar-refractivity contribution in [2.24, 2.45) is 0 Å². The highest BCUT2D eigenvalue weighted by Gasteiger charge is 2.39. The number of amides is 3. The summed E-state index contributed by atoms with van der Waals surface area (Å²) in [7, 11) is 0. The fraction of sp³-hybridized carbons (Fsp3) is 0.167. The lowest BCUT2D eigenvalue weighted by Crippen LogP contribution is -2.32. The van der Waals surface area contributed by atoms with E-state index < -0.39 is 5.54 Å². The molecular weight excluding hydrogens is 292 g/mol. The van der Waals surface area contributed by atoms with Crippen molar-refractivity contribution in [2.45, 2.75) is 19.4 Å². The third-order valence-corrected chi connectivity index (χ3v) is 4.40. The molecule has 0 fully saturated rings. The Morgan fingerprint density at radius 3 is 2.09 bits per heavy atom. The van der Waals surface area contributed by atoms with Crippen LogP contribution in [0.1, 0.15) is 50.5 Å². The molecule has 0 aliphatic carbocycles. The maximum absolute atomic E-state index is 12.5. The van der Waals surface area contributed by atoms with E-state index in [2.05, 4.69) is 5.32 Å². The van der Waals surface area contributed by atoms with E-state index in [0.29, 0.717) is 22.4 Å². The number of nitrogens with one attached hydrogen (secondary N) is 1. The van der Waals surface area contributed by atoms with Crippen molar-refractivity contribution in [2.75, 3.05) is 4.90 Å². The first-order chi connectivity index (χ1) is 10.9. The quantitative estimate of drug-likeness (QED) is 0.823. The molecule has 0 radical (unpaired) electrons. The summed E-state index contributed by atoms with van der Waals surface area (Å²) in [6, 6.07) is 11.9. The van der Waals surface area contributed by atoms with Gasteiger partial charge in [-0.3, -0.25) is 14.4 Å². The number of imide groups is 1. The molecule has 3 amide bonds. The van der Waals surface area contributed by atoms with Gasteiger partial charge in [-0.1, -0.05) is 18.2 Å². The summed E-state index contributed by atoms with van der Waals surface area (Å²) in [4.78, 5) is 38.3. The number of carbonyl (C=O) groups excluding carboxylic acids is 3. The summed E-state index contributed by atoms with van der Waals surface area (Å²) >= 11 is 0. The minimum atomic E-state index is -0.451. The first-order valence-corrected chi connectivity index (χ1v) is 7.35.